The number of carbonyl (C=O) groups is 1. The Labute approximate surface area is 135 Å². The van der Waals surface area contributed by atoms with E-state index in [9.17, 15) is 13.2 Å². The Hall–Kier alpha value is -2.41. The lowest BCUT2D eigenvalue weighted by atomic mass is 10.3. The van der Waals surface area contributed by atoms with Gasteiger partial charge in [0.2, 0.25) is 5.91 Å². The van der Waals surface area contributed by atoms with Crippen molar-refractivity contribution in [1.82, 2.24) is 4.98 Å². The first kappa shape index (κ1) is 17.0. The molecular formula is C16H19N3O3S. The predicted molar refractivity (Wildman–Crippen MR) is 91.5 cm³/mol. The molecule has 0 aliphatic heterocycles. The number of hydrogen-bond donors (Lipinski definition) is 2. The summed E-state index contributed by atoms with van der Waals surface area (Å²) in [5.74, 6) is -0.416. The largest absolute Gasteiger partial charge is 0.340 e. The van der Waals surface area contributed by atoms with Gasteiger partial charge in [0.05, 0.1) is 17.6 Å². The van der Waals surface area contributed by atoms with E-state index in [1.165, 1.54) is 6.20 Å². The Morgan fingerprint density at radius 1 is 1.09 bits per heavy atom. The maximum Gasteiger partial charge on any atom is 0.239 e. The molecule has 6 nitrogen and oxygen atoms in total. The normalized spacial score (nSPS) is 11.0. The molecular weight excluding hydrogens is 314 g/mol. The highest BCUT2D eigenvalue weighted by Gasteiger charge is 2.15. The van der Waals surface area contributed by atoms with Gasteiger partial charge in [0.1, 0.15) is 11.6 Å². The third kappa shape index (κ3) is 5.71. The average molecular weight is 333 g/mol. The van der Waals surface area contributed by atoms with Crippen molar-refractivity contribution in [1.29, 1.82) is 0 Å². The number of rotatable bonds is 7. The fourth-order valence-electron chi connectivity index (χ4n) is 1.99. The van der Waals surface area contributed by atoms with Gasteiger partial charge in [-0.2, -0.15) is 0 Å². The summed E-state index contributed by atoms with van der Waals surface area (Å²) in [4.78, 5) is 15.9. The summed E-state index contributed by atoms with van der Waals surface area (Å²) in [6.07, 6.45) is 1.98. The molecule has 1 aromatic carbocycles. The first-order valence-corrected chi connectivity index (χ1v) is 9.09. The van der Waals surface area contributed by atoms with Crippen molar-refractivity contribution in [2.75, 3.05) is 22.1 Å². The summed E-state index contributed by atoms with van der Waals surface area (Å²) in [7, 11) is -3.34. The highest BCUT2D eigenvalue weighted by atomic mass is 32.2. The minimum Gasteiger partial charge on any atom is -0.340 e. The number of amides is 1. The molecule has 0 saturated heterocycles. The second kappa shape index (κ2) is 7.73. The Kier molecular flexibility index (Phi) is 5.70. The molecule has 0 bridgehead atoms. The van der Waals surface area contributed by atoms with Crippen molar-refractivity contribution in [3.63, 3.8) is 0 Å². The van der Waals surface area contributed by atoms with E-state index in [1.807, 2.05) is 30.3 Å². The Bertz CT molecular complexity index is 744. The van der Waals surface area contributed by atoms with Crippen molar-refractivity contribution in [3.05, 3.63) is 48.7 Å². The van der Waals surface area contributed by atoms with E-state index < -0.39 is 21.5 Å². The molecule has 7 heteroatoms. The molecule has 2 N–H and O–H groups in total. The Morgan fingerprint density at radius 2 is 1.83 bits per heavy atom. The maximum atomic E-state index is 11.7. The fourth-order valence-corrected chi connectivity index (χ4v) is 3.23. The van der Waals surface area contributed by atoms with E-state index in [0.717, 1.165) is 5.69 Å². The number of hydrogen-bond acceptors (Lipinski definition) is 5. The number of anilines is 3. The highest BCUT2D eigenvalue weighted by Crippen LogP contribution is 2.15. The van der Waals surface area contributed by atoms with Crippen LogP contribution in [0.3, 0.4) is 0 Å². The van der Waals surface area contributed by atoms with Gasteiger partial charge in [0, 0.05) is 5.69 Å². The topological polar surface area (TPSA) is 88.2 Å². The van der Waals surface area contributed by atoms with Crippen LogP contribution in [0.1, 0.15) is 13.3 Å². The van der Waals surface area contributed by atoms with Gasteiger partial charge in [-0.15, -0.1) is 0 Å². The molecule has 0 spiro atoms. The minimum atomic E-state index is -3.34. The number of nitrogens with one attached hydrogen (secondary N) is 2. The van der Waals surface area contributed by atoms with Gasteiger partial charge in [0.25, 0.3) is 0 Å². The van der Waals surface area contributed by atoms with E-state index >= 15 is 0 Å². The quantitative estimate of drug-likeness (QED) is 0.813. The van der Waals surface area contributed by atoms with Crippen LogP contribution in [0.2, 0.25) is 0 Å². The molecule has 0 fully saturated rings. The van der Waals surface area contributed by atoms with Gasteiger partial charge in [-0.1, -0.05) is 25.1 Å². The molecule has 0 unspecified atom stereocenters. The monoisotopic (exact) mass is 333 g/mol. The summed E-state index contributed by atoms with van der Waals surface area (Å²) in [6, 6.07) is 12.9. The number of para-hydroxylation sites is 1. The molecule has 0 aliphatic carbocycles. The van der Waals surface area contributed by atoms with Crippen LogP contribution >= 0.6 is 0 Å². The van der Waals surface area contributed by atoms with E-state index in [2.05, 4.69) is 15.6 Å². The molecule has 23 heavy (non-hydrogen) atoms. The van der Waals surface area contributed by atoms with E-state index in [-0.39, 0.29) is 5.75 Å². The summed E-state index contributed by atoms with van der Waals surface area (Å²) in [6.45, 7) is 1.76. The summed E-state index contributed by atoms with van der Waals surface area (Å²) < 4.78 is 23.2. The van der Waals surface area contributed by atoms with Gasteiger partial charge in [-0.05, 0) is 30.7 Å². The zero-order valence-corrected chi connectivity index (χ0v) is 13.6. The molecule has 0 aliphatic rings. The molecule has 2 aromatic rings. The van der Waals surface area contributed by atoms with Crippen LogP contribution in [-0.2, 0) is 14.6 Å². The average Bonchev–Trinajstić information content (AvgIpc) is 2.49. The van der Waals surface area contributed by atoms with E-state index in [4.69, 9.17) is 0 Å². The van der Waals surface area contributed by atoms with Gasteiger partial charge in [0.15, 0.2) is 9.84 Å². The second-order valence-corrected chi connectivity index (χ2v) is 7.25. The van der Waals surface area contributed by atoms with Gasteiger partial charge in [-0.3, -0.25) is 4.79 Å². The number of benzene rings is 1. The first-order chi connectivity index (χ1) is 11.0. The SMILES string of the molecule is CCCS(=O)(=O)CC(=O)Nc1ccc(Nc2ccccc2)nc1. The van der Waals surface area contributed by atoms with Crippen LogP contribution in [0, 0.1) is 0 Å². The smallest absolute Gasteiger partial charge is 0.239 e. The third-order valence-electron chi connectivity index (χ3n) is 2.96. The summed E-state index contributed by atoms with van der Waals surface area (Å²) in [5, 5.41) is 5.66. The minimum absolute atomic E-state index is 0.0125. The standard InChI is InChI=1S/C16H19N3O3S/c1-2-10-23(21,22)12-16(20)19-14-8-9-15(17-11-14)18-13-6-4-3-5-7-13/h3-9,11H,2,10,12H2,1H3,(H,17,18)(H,19,20). The second-order valence-electron chi connectivity index (χ2n) is 5.06. The van der Waals surface area contributed by atoms with Crippen LogP contribution in [-0.4, -0.2) is 30.8 Å². The third-order valence-corrected chi connectivity index (χ3v) is 4.69. The van der Waals surface area contributed by atoms with Crippen LogP contribution < -0.4 is 10.6 Å². The van der Waals surface area contributed by atoms with E-state index in [1.54, 1.807) is 19.1 Å². The summed E-state index contributed by atoms with van der Waals surface area (Å²) >= 11 is 0. The van der Waals surface area contributed by atoms with Crippen molar-refractivity contribution in [2.24, 2.45) is 0 Å². The molecule has 1 amide bonds. The number of aromatic nitrogens is 1. The molecule has 122 valence electrons. The highest BCUT2D eigenvalue weighted by molar-refractivity contribution is 7.92. The Balaban J connectivity index is 1.93. The zero-order valence-electron chi connectivity index (χ0n) is 12.8. The number of pyridine rings is 1. The predicted octanol–water partition coefficient (Wildman–Crippen LogP) is 2.59. The fraction of sp³-hybridized carbons (Fsp3) is 0.250. The molecule has 1 aromatic heterocycles. The molecule has 0 atom stereocenters. The molecule has 1 heterocycles. The van der Waals surface area contributed by atoms with Gasteiger partial charge < -0.3 is 10.6 Å². The molecule has 0 saturated carbocycles. The molecule has 2 rings (SSSR count). The summed E-state index contributed by atoms with van der Waals surface area (Å²) in [5.41, 5.74) is 1.36. The van der Waals surface area contributed by atoms with Crippen LogP contribution in [0.4, 0.5) is 17.2 Å². The Morgan fingerprint density at radius 3 is 2.43 bits per heavy atom. The van der Waals surface area contributed by atoms with Crippen molar-refractivity contribution in [2.45, 2.75) is 13.3 Å². The van der Waals surface area contributed by atoms with Crippen LogP contribution in [0.25, 0.3) is 0 Å². The van der Waals surface area contributed by atoms with E-state index in [0.29, 0.717) is 17.9 Å². The number of sulfone groups is 1. The molecule has 0 radical (unpaired) electrons. The van der Waals surface area contributed by atoms with Gasteiger partial charge in [-0.25, -0.2) is 13.4 Å². The van der Waals surface area contributed by atoms with Crippen molar-refractivity contribution < 1.29 is 13.2 Å². The zero-order chi connectivity index (χ0) is 16.7. The lowest BCUT2D eigenvalue weighted by Crippen LogP contribution is -2.24. The van der Waals surface area contributed by atoms with Crippen LogP contribution in [0.5, 0.6) is 0 Å². The van der Waals surface area contributed by atoms with Crippen molar-refractivity contribution >= 4 is 32.9 Å². The lowest BCUT2D eigenvalue weighted by molar-refractivity contribution is -0.113. The first-order valence-electron chi connectivity index (χ1n) is 7.27. The number of carbonyl (C=O) groups excluding carboxylic acids is 1. The van der Waals surface area contributed by atoms with Crippen molar-refractivity contribution in [3.8, 4) is 0 Å². The van der Waals surface area contributed by atoms with Crippen LogP contribution in [0.15, 0.2) is 48.7 Å². The maximum absolute atomic E-state index is 11.7. The lowest BCUT2D eigenvalue weighted by Gasteiger charge is -2.08. The number of nitrogens with zero attached hydrogens (tertiary/aromatic N) is 1. The van der Waals surface area contributed by atoms with Gasteiger partial charge >= 0.3 is 0 Å².